The molecule has 2 unspecified atom stereocenters. The highest BCUT2D eigenvalue weighted by Crippen LogP contribution is 2.25. The number of nitrogens with one attached hydrogen (secondary N) is 1. The fourth-order valence-electron chi connectivity index (χ4n) is 2.50. The van der Waals surface area contributed by atoms with E-state index >= 15 is 0 Å². The second-order valence-corrected chi connectivity index (χ2v) is 5.11. The van der Waals surface area contributed by atoms with Crippen molar-refractivity contribution in [1.82, 2.24) is 15.5 Å². The lowest BCUT2D eigenvalue weighted by molar-refractivity contribution is 0.337. The third-order valence-corrected chi connectivity index (χ3v) is 3.12. The first kappa shape index (κ1) is 12.4. The van der Waals surface area contributed by atoms with Gasteiger partial charge in [-0.25, -0.2) is 0 Å². The van der Waals surface area contributed by atoms with Crippen molar-refractivity contribution in [3.8, 4) is 0 Å². The third kappa shape index (κ3) is 3.19. The lowest BCUT2D eigenvalue weighted by atomic mass is 9.92. The van der Waals surface area contributed by atoms with E-state index in [1.807, 2.05) is 0 Å². The Morgan fingerprint density at radius 3 is 2.65 bits per heavy atom. The quantitative estimate of drug-likeness (QED) is 0.864. The van der Waals surface area contributed by atoms with Crippen LogP contribution in [0.3, 0.4) is 0 Å². The average Bonchev–Trinajstić information content (AvgIpc) is 2.73. The van der Waals surface area contributed by atoms with E-state index in [9.17, 15) is 0 Å². The Morgan fingerprint density at radius 1 is 1.29 bits per heavy atom. The summed E-state index contributed by atoms with van der Waals surface area (Å²) in [6.07, 6.45) is 1.29. The summed E-state index contributed by atoms with van der Waals surface area (Å²) < 4.78 is 5.66. The topological polar surface area (TPSA) is 54.2 Å². The lowest BCUT2D eigenvalue weighted by Crippen LogP contribution is -2.38. The van der Waals surface area contributed by atoms with Gasteiger partial charge in [0.15, 0.2) is 0 Å². The predicted molar refractivity (Wildman–Crippen MR) is 66.8 cm³/mol. The number of hydrogen-bond acceptors (Lipinski definition) is 5. The summed E-state index contributed by atoms with van der Waals surface area (Å²) in [6.45, 7) is 10.2. The first-order valence-electron chi connectivity index (χ1n) is 6.47. The molecule has 5 nitrogen and oxygen atoms in total. The van der Waals surface area contributed by atoms with Gasteiger partial charge in [-0.3, -0.25) is 0 Å². The van der Waals surface area contributed by atoms with Crippen molar-refractivity contribution in [2.45, 2.75) is 33.7 Å². The zero-order chi connectivity index (χ0) is 12.3. The Labute approximate surface area is 103 Å². The summed E-state index contributed by atoms with van der Waals surface area (Å²) in [6, 6.07) is 0.677. The zero-order valence-corrected chi connectivity index (χ0v) is 10.9. The largest absolute Gasteiger partial charge is 0.407 e. The number of nitrogens with zero attached hydrogens (tertiary/aromatic N) is 3. The molecule has 5 heteroatoms. The molecule has 0 aromatic carbocycles. The SMILES string of the molecule is CCNCc1nnc(N2CC(C)CC(C)C2)o1. The molecule has 1 aliphatic rings. The first-order chi connectivity index (χ1) is 8.19. The molecule has 1 aromatic heterocycles. The molecule has 1 saturated heterocycles. The van der Waals surface area contributed by atoms with Crippen molar-refractivity contribution < 1.29 is 4.42 Å². The van der Waals surface area contributed by atoms with Crippen LogP contribution in [0.15, 0.2) is 4.42 Å². The van der Waals surface area contributed by atoms with Gasteiger partial charge in [-0.15, -0.1) is 5.10 Å². The van der Waals surface area contributed by atoms with E-state index in [4.69, 9.17) is 4.42 Å². The first-order valence-corrected chi connectivity index (χ1v) is 6.47. The molecule has 1 fully saturated rings. The van der Waals surface area contributed by atoms with Crippen LogP contribution >= 0.6 is 0 Å². The third-order valence-electron chi connectivity index (χ3n) is 3.12. The Hall–Kier alpha value is -1.10. The van der Waals surface area contributed by atoms with Gasteiger partial charge in [0, 0.05) is 13.1 Å². The predicted octanol–water partition coefficient (Wildman–Crippen LogP) is 1.66. The molecule has 17 heavy (non-hydrogen) atoms. The van der Waals surface area contributed by atoms with Gasteiger partial charge >= 0.3 is 6.01 Å². The lowest BCUT2D eigenvalue weighted by Gasteiger charge is -2.33. The number of hydrogen-bond donors (Lipinski definition) is 1. The molecule has 1 N–H and O–H groups in total. The molecule has 0 amide bonds. The van der Waals surface area contributed by atoms with E-state index in [-0.39, 0.29) is 0 Å². The Bertz CT molecular complexity index is 342. The Morgan fingerprint density at radius 2 is 2.00 bits per heavy atom. The second-order valence-electron chi connectivity index (χ2n) is 5.11. The summed E-state index contributed by atoms with van der Waals surface area (Å²) in [7, 11) is 0. The van der Waals surface area contributed by atoms with Gasteiger partial charge in [0.05, 0.1) is 6.54 Å². The highest BCUT2D eigenvalue weighted by atomic mass is 16.4. The monoisotopic (exact) mass is 238 g/mol. The summed E-state index contributed by atoms with van der Waals surface area (Å²) in [5, 5.41) is 11.4. The minimum atomic E-state index is 0.655. The highest BCUT2D eigenvalue weighted by Gasteiger charge is 2.25. The molecule has 0 bridgehead atoms. The van der Waals surface area contributed by atoms with Crippen molar-refractivity contribution in [2.75, 3.05) is 24.5 Å². The van der Waals surface area contributed by atoms with Crippen LogP contribution in [0.4, 0.5) is 6.01 Å². The van der Waals surface area contributed by atoms with Crippen LogP contribution in [0, 0.1) is 11.8 Å². The summed E-state index contributed by atoms with van der Waals surface area (Å²) in [5.41, 5.74) is 0. The molecule has 2 heterocycles. The minimum Gasteiger partial charge on any atom is -0.407 e. The number of piperidine rings is 1. The normalized spacial score (nSPS) is 25.2. The van der Waals surface area contributed by atoms with Gasteiger partial charge in [-0.05, 0) is 24.8 Å². The maximum atomic E-state index is 5.66. The molecule has 0 radical (unpaired) electrons. The van der Waals surface area contributed by atoms with E-state index in [1.165, 1.54) is 6.42 Å². The molecule has 1 aliphatic heterocycles. The van der Waals surface area contributed by atoms with E-state index in [2.05, 4.69) is 41.2 Å². The molecular weight excluding hydrogens is 216 g/mol. The molecule has 2 rings (SSSR count). The van der Waals surface area contributed by atoms with Crippen LogP contribution in [0.5, 0.6) is 0 Å². The number of aromatic nitrogens is 2. The van der Waals surface area contributed by atoms with Crippen LogP contribution in [0.25, 0.3) is 0 Å². The average molecular weight is 238 g/mol. The summed E-state index contributed by atoms with van der Waals surface area (Å²) in [5.74, 6) is 2.07. The van der Waals surface area contributed by atoms with Crippen molar-refractivity contribution in [1.29, 1.82) is 0 Å². The zero-order valence-electron chi connectivity index (χ0n) is 10.9. The van der Waals surface area contributed by atoms with Crippen molar-refractivity contribution in [3.05, 3.63) is 5.89 Å². The smallest absolute Gasteiger partial charge is 0.318 e. The molecule has 2 atom stereocenters. The maximum Gasteiger partial charge on any atom is 0.318 e. The fourth-order valence-corrected chi connectivity index (χ4v) is 2.50. The van der Waals surface area contributed by atoms with Crippen molar-refractivity contribution in [3.63, 3.8) is 0 Å². The van der Waals surface area contributed by atoms with Gasteiger partial charge in [-0.1, -0.05) is 25.9 Å². The van der Waals surface area contributed by atoms with Crippen LogP contribution in [-0.2, 0) is 6.54 Å². The van der Waals surface area contributed by atoms with E-state index in [1.54, 1.807) is 0 Å². The van der Waals surface area contributed by atoms with Crippen molar-refractivity contribution in [2.24, 2.45) is 11.8 Å². The van der Waals surface area contributed by atoms with Gasteiger partial charge in [-0.2, -0.15) is 0 Å². The minimum absolute atomic E-state index is 0.655. The highest BCUT2D eigenvalue weighted by molar-refractivity contribution is 5.25. The van der Waals surface area contributed by atoms with E-state index in [0.29, 0.717) is 30.3 Å². The van der Waals surface area contributed by atoms with Gasteiger partial charge < -0.3 is 14.6 Å². The van der Waals surface area contributed by atoms with Crippen LogP contribution in [0.2, 0.25) is 0 Å². The summed E-state index contributed by atoms with van der Waals surface area (Å²) in [4.78, 5) is 2.21. The van der Waals surface area contributed by atoms with E-state index in [0.717, 1.165) is 19.6 Å². The number of rotatable bonds is 4. The van der Waals surface area contributed by atoms with Gasteiger partial charge in [0.2, 0.25) is 5.89 Å². The van der Waals surface area contributed by atoms with Crippen LogP contribution in [0.1, 0.15) is 33.1 Å². The van der Waals surface area contributed by atoms with Crippen molar-refractivity contribution >= 4 is 6.01 Å². The van der Waals surface area contributed by atoms with Gasteiger partial charge in [0.25, 0.3) is 0 Å². The second kappa shape index (κ2) is 5.49. The van der Waals surface area contributed by atoms with Crippen LogP contribution < -0.4 is 10.2 Å². The molecule has 0 saturated carbocycles. The molecule has 0 aliphatic carbocycles. The molecule has 0 spiro atoms. The van der Waals surface area contributed by atoms with E-state index < -0.39 is 0 Å². The molecule has 96 valence electrons. The number of anilines is 1. The molecule has 1 aromatic rings. The van der Waals surface area contributed by atoms with Crippen LogP contribution in [-0.4, -0.2) is 29.8 Å². The fraction of sp³-hybridized carbons (Fsp3) is 0.833. The Kier molecular flexibility index (Phi) is 3.99. The maximum absolute atomic E-state index is 5.66. The molecular formula is C12H22N4O. The Balaban J connectivity index is 1.98. The summed E-state index contributed by atoms with van der Waals surface area (Å²) >= 11 is 0. The standard InChI is InChI=1S/C12H22N4O/c1-4-13-6-11-14-15-12(17-11)16-7-9(2)5-10(3)8-16/h9-10,13H,4-8H2,1-3H3. The van der Waals surface area contributed by atoms with Gasteiger partial charge in [0.1, 0.15) is 0 Å².